The molecule has 0 bridgehead atoms. The summed E-state index contributed by atoms with van der Waals surface area (Å²) in [4.78, 5) is 27.6. The van der Waals surface area contributed by atoms with Crippen LogP contribution in [0.3, 0.4) is 0 Å². The highest BCUT2D eigenvalue weighted by Crippen LogP contribution is 2.23. The van der Waals surface area contributed by atoms with Crippen molar-refractivity contribution in [1.29, 1.82) is 0 Å². The highest BCUT2D eigenvalue weighted by molar-refractivity contribution is 7.92. The molecule has 0 saturated heterocycles. The van der Waals surface area contributed by atoms with E-state index in [0.29, 0.717) is 21.3 Å². The number of carbonyl (C=O) groups is 2. The van der Waals surface area contributed by atoms with Crippen molar-refractivity contribution in [3.8, 4) is 0 Å². The molecule has 0 saturated carbocycles. The number of hydrogen-bond acceptors (Lipinski definition) is 4. The predicted molar refractivity (Wildman–Crippen MR) is 133 cm³/mol. The van der Waals surface area contributed by atoms with Gasteiger partial charge in [0.05, 0.1) is 11.9 Å². The van der Waals surface area contributed by atoms with Gasteiger partial charge in [0.2, 0.25) is 21.8 Å². The molecule has 2 aromatic carbocycles. The zero-order valence-corrected chi connectivity index (χ0v) is 21.4. The first-order chi connectivity index (χ1) is 15.4. The Hall–Kier alpha value is -2.29. The summed E-state index contributed by atoms with van der Waals surface area (Å²) in [6, 6.07) is 12.2. The molecular weight excluding hydrogens is 485 g/mol. The third-order valence-electron chi connectivity index (χ3n) is 5.26. The highest BCUT2D eigenvalue weighted by Gasteiger charge is 2.30. The highest BCUT2D eigenvalue weighted by atomic mass is 35.5. The van der Waals surface area contributed by atoms with Crippen molar-refractivity contribution in [2.45, 2.75) is 45.8 Å². The van der Waals surface area contributed by atoms with Crippen LogP contribution in [0, 0.1) is 0 Å². The van der Waals surface area contributed by atoms with Crippen LogP contribution in [0.2, 0.25) is 10.0 Å². The Morgan fingerprint density at radius 1 is 1.03 bits per heavy atom. The van der Waals surface area contributed by atoms with E-state index in [-0.39, 0.29) is 18.5 Å². The minimum absolute atomic E-state index is 0.0474. The second-order valence-electron chi connectivity index (χ2n) is 7.85. The molecule has 33 heavy (non-hydrogen) atoms. The normalized spacial score (nSPS) is 13.2. The molecule has 0 unspecified atom stereocenters. The van der Waals surface area contributed by atoms with Crippen molar-refractivity contribution >= 4 is 50.7 Å². The summed E-state index contributed by atoms with van der Waals surface area (Å²) in [7, 11) is -3.79. The van der Waals surface area contributed by atoms with Gasteiger partial charge in [0, 0.05) is 22.6 Å². The van der Waals surface area contributed by atoms with Gasteiger partial charge in [-0.15, -0.1) is 0 Å². The van der Waals surface area contributed by atoms with Crippen LogP contribution in [0.5, 0.6) is 0 Å². The molecule has 1 N–H and O–H groups in total. The molecule has 0 heterocycles. The van der Waals surface area contributed by atoms with E-state index in [1.807, 2.05) is 13.8 Å². The summed E-state index contributed by atoms with van der Waals surface area (Å²) in [5.41, 5.74) is 0.942. The van der Waals surface area contributed by atoms with Gasteiger partial charge in [-0.05, 0) is 56.2 Å². The molecule has 0 spiro atoms. The van der Waals surface area contributed by atoms with E-state index in [1.54, 1.807) is 43.3 Å². The lowest BCUT2D eigenvalue weighted by molar-refractivity contribution is -0.139. The van der Waals surface area contributed by atoms with Crippen LogP contribution < -0.4 is 9.62 Å². The average molecular weight is 514 g/mol. The molecule has 0 aliphatic carbocycles. The average Bonchev–Trinajstić information content (AvgIpc) is 2.76. The molecule has 10 heteroatoms. The quantitative estimate of drug-likeness (QED) is 0.518. The molecule has 180 valence electrons. The molecular formula is C23H29Cl2N3O4S. The summed E-state index contributed by atoms with van der Waals surface area (Å²) in [6.07, 6.45) is 1.75. The minimum atomic E-state index is -3.79. The van der Waals surface area contributed by atoms with E-state index in [0.717, 1.165) is 17.0 Å². The maximum absolute atomic E-state index is 13.4. The van der Waals surface area contributed by atoms with Crippen LogP contribution in [0.4, 0.5) is 5.69 Å². The number of nitrogens with one attached hydrogen (secondary N) is 1. The molecule has 0 aromatic heterocycles. The Labute approximate surface area is 205 Å². The number of benzene rings is 2. The van der Waals surface area contributed by atoms with Crippen LogP contribution in [-0.2, 0) is 26.2 Å². The van der Waals surface area contributed by atoms with E-state index < -0.39 is 28.5 Å². The van der Waals surface area contributed by atoms with Gasteiger partial charge < -0.3 is 10.2 Å². The van der Waals surface area contributed by atoms with E-state index >= 15 is 0 Å². The van der Waals surface area contributed by atoms with Gasteiger partial charge in [-0.1, -0.05) is 48.3 Å². The van der Waals surface area contributed by atoms with Gasteiger partial charge in [0.15, 0.2) is 0 Å². The van der Waals surface area contributed by atoms with Crippen LogP contribution in [0.1, 0.15) is 32.8 Å². The molecule has 2 aromatic rings. The monoisotopic (exact) mass is 513 g/mol. The number of hydrogen-bond donors (Lipinski definition) is 1. The Bertz CT molecular complexity index is 1080. The van der Waals surface area contributed by atoms with Crippen molar-refractivity contribution in [3.63, 3.8) is 0 Å². The summed E-state index contributed by atoms with van der Waals surface area (Å²) in [5, 5.41) is 3.76. The molecule has 0 fully saturated rings. The van der Waals surface area contributed by atoms with Crippen LogP contribution in [0.15, 0.2) is 48.5 Å². The van der Waals surface area contributed by atoms with Crippen molar-refractivity contribution in [3.05, 3.63) is 64.1 Å². The van der Waals surface area contributed by atoms with Gasteiger partial charge in [-0.25, -0.2) is 8.42 Å². The predicted octanol–water partition coefficient (Wildman–Crippen LogP) is 4.09. The number of halogens is 2. The minimum Gasteiger partial charge on any atom is -0.352 e. The van der Waals surface area contributed by atoms with Crippen LogP contribution in [0.25, 0.3) is 0 Å². The molecule has 2 amide bonds. The van der Waals surface area contributed by atoms with Crippen molar-refractivity contribution in [1.82, 2.24) is 10.2 Å². The maximum Gasteiger partial charge on any atom is 0.244 e. The van der Waals surface area contributed by atoms with Crippen LogP contribution in [-0.4, -0.2) is 50.0 Å². The third kappa shape index (κ3) is 7.62. The zero-order chi connectivity index (χ0) is 24.8. The summed E-state index contributed by atoms with van der Waals surface area (Å²) in [6.45, 7) is 4.99. The standard InChI is InChI=1S/C23H29Cl2N3O4S/c1-5-16(2)26-23(30)17(3)27(14-18-8-6-7-9-21(18)25)22(29)15-28(33(4,31)32)20-12-10-19(24)11-13-20/h6-13,16-17H,5,14-15H2,1-4H3,(H,26,30)/t16-,17-/m0/s1. The lowest BCUT2D eigenvalue weighted by Gasteiger charge is -2.32. The van der Waals surface area contributed by atoms with Crippen LogP contribution >= 0.6 is 23.2 Å². The topological polar surface area (TPSA) is 86.8 Å². The number of anilines is 1. The number of rotatable bonds is 10. The first-order valence-corrected chi connectivity index (χ1v) is 13.1. The number of nitrogens with zero attached hydrogens (tertiary/aromatic N) is 2. The fourth-order valence-electron chi connectivity index (χ4n) is 3.08. The van der Waals surface area contributed by atoms with E-state index in [4.69, 9.17) is 23.2 Å². The smallest absolute Gasteiger partial charge is 0.244 e. The molecule has 0 radical (unpaired) electrons. The summed E-state index contributed by atoms with van der Waals surface area (Å²) in [5.74, 6) is -0.871. The first-order valence-electron chi connectivity index (χ1n) is 10.5. The first kappa shape index (κ1) is 27.0. The van der Waals surface area contributed by atoms with Gasteiger partial charge in [-0.3, -0.25) is 13.9 Å². The van der Waals surface area contributed by atoms with Gasteiger partial charge in [0.1, 0.15) is 12.6 Å². The molecule has 7 nitrogen and oxygen atoms in total. The largest absolute Gasteiger partial charge is 0.352 e. The fraction of sp³-hybridized carbons (Fsp3) is 0.391. The van der Waals surface area contributed by atoms with Crippen molar-refractivity contribution in [2.75, 3.05) is 17.1 Å². The van der Waals surface area contributed by atoms with E-state index in [9.17, 15) is 18.0 Å². The van der Waals surface area contributed by atoms with Gasteiger partial charge in [-0.2, -0.15) is 0 Å². The molecule has 0 aliphatic heterocycles. The SMILES string of the molecule is CC[C@H](C)NC(=O)[C@H](C)N(Cc1ccccc1Cl)C(=O)CN(c1ccc(Cl)cc1)S(C)(=O)=O. The van der Waals surface area contributed by atoms with Gasteiger partial charge in [0.25, 0.3) is 0 Å². The lowest BCUT2D eigenvalue weighted by Crippen LogP contribution is -2.52. The Morgan fingerprint density at radius 2 is 1.64 bits per heavy atom. The number of carbonyl (C=O) groups excluding carboxylic acids is 2. The second kappa shape index (κ2) is 11.7. The van der Waals surface area contributed by atoms with E-state index in [1.165, 1.54) is 17.0 Å². The Balaban J connectivity index is 2.39. The van der Waals surface area contributed by atoms with Crippen molar-refractivity contribution in [2.24, 2.45) is 0 Å². The number of sulfonamides is 1. The Morgan fingerprint density at radius 3 is 2.18 bits per heavy atom. The maximum atomic E-state index is 13.4. The number of amides is 2. The zero-order valence-electron chi connectivity index (χ0n) is 19.1. The fourth-order valence-corrected chi connectivity index (χ4v) is 4.25. The third-order valence-corrected chi connectivity index (χ3v) is 7.02. The molecule has 0 aliphatic rings. The Kier molecular flexibility index (Phi) is 9.57. The molecule has 2 atom stereocenters. The summed E-state index contributed by atoms with van der Waals surface area (Å²) < 4.78 is 26.0. The summed E-state index contributed by atoms with van der Waals surface area (Å²) >= 11 is 12.2. The second-order valence-corrected chi connectivity index (χ2v) is 10.6. The van der Waals surface area contributed by atoms with Gasteiger partial charge >= 0.3 is 0 Å². The van der Waals surface area contributed by atoms with E-state index in [2.05, 4.69) is 5.32 Å². The molecule has 2 rings (SSSR count). The van der Waals surface area contributed by atoms with Crippen molar-refractivity contribution < 1.29 is 18.0 Å². The lowest BCUT2D eigenvalue weighted by atomic mass is 10.1.